The smallest absolute Gasteiger partial charge is 0.225 e. The first kappa shape index (κ1) is 14.3. The summed E-state index contributed by atoms with van der Waals surface area (Å²) < 4.78 is 33.4. The van der Waals surface area contributed by atoms with Gasteiger partial charge in [-0.15, -0.1) is 0 Å². The van der Waals surface area contributed by atoms with Crippen molar-refractivity contribution in [2.24, 2.45) is 5.92 Å². The predicted octanol–water partition coefficient (Wildman–Crippen LogP) is 2.64. The summed E-state index contributed by atoms with van der Waals surface area (Å²) in [6.07, 6.45) is 0.386. The van der Waals surface area contributed by atoms with E-state index in [0.29, 0.717) is 31.0 Å². The maximum Gasteiger partial charge on any atom is 0.225 e. The van der Waals surface area contributed by atoms with Crippen LogP contribution in [0.15, 0.2) is 6.20 Å². The van der Waals surface area contributed by atoms with E-state index in [0.717, 1.165) is 0 Å². The molecule has 2 aromatic heterocycles. The maximum atomic E-state index is 14.1. The summed E-state index contributed by atoms with van der Waals surface area (Å²) in [5.74, 6) is -0.602. The topological polar surface area (TPSA) is 51.1 Å². The lowest BCUT2D eigenvalue weighted by Gasteiger charge is -2.23. The lowest BCUT2D eigenvalue weighted by Crippen LogP contribution is -2.31. The molecule has 22 heavy (non-hydrogen) atoms. The van der Waals surface area contributed by atoms with Gasteiger partial charge in [-0.3, -0.25) is 0 Å². The summed E-state index contributed by atoms with van der Waals surface area (Å²) in [4.78, 5) is 13.6. The summed E-state index contributed by atoms with van der Waals surface area (Å²) >= 11 is 11.6. The van der Waals surface area contributed by atoms with Crippen molar-refractivity contribution in [3.05, 3.63) is 22.5 Å². The summed E-state index contributed by atoms with van der Waals surface area (Å²) in [7, 11) is 0. The van der Waals surface area contributed by atoms with Crippen molar-refractivity contribution in [2.45, 2.75) is 12.2 Å². The number of hydrogen-bond acceptors (Lipinski definition) is 5. The number of aromatic nitrogens is 3. The van der Waals surface area contributed by atoms with E-state index in [1.165, 1.54) is 6.20 Å². The van der Waals surface area contributed by atoms with Gasteiger partial charge in [0.05, 0.1) is 24.6 Å². The maximum absolute atomic E-state index is 14.1. The first-order valence-electron chi connectivity index (χ1n) is 6.73. The molecule has 3 atom stereocenters. The SMILES string of the molecule is Fc1c(Cl)ncc2c(N3CCOCC4C3[C@H]4F)nc(Cl)nc12. The van der Waals surface area contributed by atoms with E-state index in [1.54, 1.807) is 4.90 Å². The molecule has 0 amide bonds. The Balaban J connectivity index is 1.89. The van der Waals surface area contributed by atoms with Crippen LogP contribution in [0.1, 0.15) is 0 Å². The minimum Gasteiger partial charge on any atom is -0.379 e. The lowest BCUT2D eigenvalue weighted by atomic mass is 10.2. The molecule has 2 unspecified atom stereocenters. The van der Waals surface area contributed by atoms with Crippen molar-refractivity contribution in [2.75, 3.05) is 24.7 Å². The van der Waals surface area contributed by atoms with Gasteiger partial charge >= 0.3 is 0 Å². The zero-order chi connectivity index (χ0) is 15.4. The van der Waals surface area contributed by atoms with Crippen LogP contribution in [0, 0.1) is 11.7 Å². The highest BCUT2D eigenvalue weighted by molar-refractivity contribution is 6.30. The van der Waals surface area contributed by atoms with Crippen LogP contribution in [-0.4, -0.2) is 46.9 Å². The molecular formula is C13H10Cl2F2N4O. The minimum atomic E-state index is -0.991. The lowest BCUT2D eigenvalue weighted by molar-refractivity contribution is 0.131. The zero-order valence-electron chi connectivity index (χ0n) is 11.1. The molecule has 1 aliphatic heterocycles. The second-order valence-electron chi connectivity index (χ2n) is 5.31. The number of hydrogen-bond donors (Lipinski definition) is 0. The third-order valence-corrected chi connectivity index (χ3v) is 4.48. The van der Waals surface area contributed by atoms with Crippen LogP contribution in [0.2, 0.25) is 10.4 Å². The van der Waals surface area contributed by atoms with Crippen molar-refractivity contribution in [1.29, 1.82) is 0 Å². The molecule has 0 aromatic carbocycles. The van der Waals surface area contributed by atoms with Crippen LogP contribution in [0.3, 0.4) is 0 Å². The average molecular weight is 347 g/mol. The fourth-order valence-corrected chi connectivity index (χ4v) is 3.20. The first-order chi connectivity index (χ1) is 10.6. The summed E-state index contributed by atoms with van der Waals surface area (Å²) in [5.41, 5.74) is -0.0206. The van der Waals surface area contributed by atoms with Crippen LogP contribution in [0.4, 0.5) is 14.6 Å². The third kappa shape index (κ3) is 2.11. The van der Waals surface area contributed by atoms with Gasteiger partial charge in [0.1, 0.15) is 17.5 Å². The predicted molar refractivity (Wildman–Crippen MR) is 77.7 cm³/mol. The largest absolute Gasteiger partial charge is 0.379 e. The van der Waals surface area contributed by atoms with E-state index in [4.69, 9.17) is 27.9 Å². The fraction of sp³-hybridized carbons (Fsp3) is 0.462. The van der Waals surface area contributed by atoms with Gasteiger partial charge in [-0.25, -0.2) is 18.7 Å². The Morgan fingerprint density at radius 1 is 1.32 bits per heavy atom. The molecule has 1 saturated heterocycles. The van der Waals surface area contributed by atoms with Crippen molar-refractivity contribution < 1.29 is 13.5 Å². The number of ether oxygens (including phenoxy) is 1. The molecule has 116 valence electrons. The zero-order valence-corrected chi connectivity index (χ0v) is 12.7. The number of anilines is 1. The first-order valence-corrected chi connectivity index (χ1v) is 7.49. The van der Waals surface area contributed by atoms with Crippen molar-refractivity contribution in [3.8, 4) is 0 Å². The van der Waals surface area contributed by atoms with Crippen LogP contribution in [0.5, 0.6) is 0 Å². The van der Waals surface area contributed by atoms with E-state index in [2.05, 4.69) is 15.0 Å². The highest BCUT2D eigenvalue weighted by Gasteiger charge is 2.56. The molecule has 2 aliphatic rings. The van der Waals surface area contributed by atoms with Gasteiger partial charge in [-0.2, -0.15) is 4.98 Å². The van der Waals surface area contributed by atoms with Crippen molar-refractivity contribution >= 4 is 39.9 Å². The van der Waals surface area contributed by atoms with Gasteiger partial charge in [-0.1, -0.05) is 11.6 Å². The number of nitrogens with zero attached hydrogens (tertiary/aromatic N) is 4. The third-order valence-electron chi connectivity index (χ3n) is 4.05. The van der Waals surface area contributed by atoms with E-state index < -0.39 is 12.0 Å². The van der Waals surface area contributed by atoms with Crippen LogP contribution < -0.4 is 4.90 Å². The standard InChI is InChI=1S/C13H10Cl2F2N4O/c14-11-8(17)9-5(3-18-11)12(20-13(15)19-9)21-1-2-22-4-6-7(16)10(6)21/h3,6-7,10H,1-2,4H2/t6?,7-,10?/m0/s1. The Hall–Kier alpha value is -1.31. The van der Waals surface area contributed by atoms with Gasteiger partial charge in [0.25, 0.3) is 0 Å². The number of fused-ring (bicyclic) bond motifs is 2. The molecule has 0 radical (unpaired) electrons. The van der Waals surface area contributed by atoms with Gasteiger partial charge in [0, 0.05) is 18.7 Å². The van der Waals surface area contributed by atoms with E-state index in [-0.39, 0.29) is 27.9 Å². The number of halogens is 4. The molecule has 1 saturated carbocycles. The molecule has 2 fully saturated rings. The Bertz CT molecular complexity index is 762. The molecule has 3 heterocycles. The van der Waals surface area contributed by atoms with Crippen LogP contribution in [-0.2, 0) is 4.74 Å². The molecule has 0 bridgehead atoms. The van der Waals surface area contributed by atoms with E-state index >= 15 is 0 Å². The Kier molecular flexibility index (Phi) is 3.32. The van der Waals surface area contributed by atoms with Gasteiger partial charge in [-0.05, 0) is 11.6 Å². The van der Waals surface area contributed by atoms with Crippen molar-refractivity contribution in [1.82, 2.24) is 15.0 Å². The normalized spacial score (nSPS) is 27.6. The van der Waals surface area contributed by atoms with Crippen LogP contribution in [0.25, 0.3) is 10.9 Å². The quantitative estimate of drug-likeness (QED) is 0.586. The number of pyridine rings is 1. The second kappa shape index (κ2) is 5.11. The van der Waals surface area contributed by atoms with Crippen molar-refractivity contribution in [3.63, 3.8) is 0 Å². The van der Waals surface area contributed by atoms with Gasteiger partial charge < -0.3 is 9.64 Å². The van der Waals surface area contributed by atoms with Gasteiger partial charge in [0.15, 0.2) is 11.0 Å². The minimum absolute atomic E-state index is 0.0206. The molecule has 9 heteroatoms. The molecule has 1 aliphatic carbocycles. The average Bonchev–Trinajstić information content (AvgIpc) is 3.18. The number of alkyl halides is 1. The van der Waals surface area contributed by atoms with E-state index in [9.17, 15) is 8.78 Å². The monoisotopic (exact) mass is 346 g/mol. The molecule has 2 aromatic rings. The highest BCUT2D eigenvalue weighted by Crippen LogP contribution is 2.44. The Morgan fingerprint density at radius 3 is 2.95 bits per heavy atom. The second-order valence-corrected chi connectivity index (χ2v) is 6.00. The summed E-state index contributed by atoms with van der Waals surface area (Å²) in [6.45, 7) is 1.25. The summed E-state index contributed by atoms with van der Waals surface area (Å²) in [5, 5.41) is -0.0624. The molecule has 4 rings (SSSR count). The van der Waals surface area contributed by atoms with Crippen LogP contribution >= 0.6 is 23.2 Å². The fourth-order valence-electron chi connectivity index (χ4n) is 2.90. The Morgan fingerprint density at radius 2 is 2.14 bits per heavy atom. The molecule has 0 N–H and O–H groups in total. The number of rotatable bonds is 1. The molecule has 0 spiro atoms. The Labute approximate surface area is 134 Å². The molecular weight excluding hydrogens is 337 g/mol. The van der Waals surface area contributed by atoms with Gasteiger partial charge in [0.2, 0.25) is 5.28 Å². The highest BCUT2D eigenvalue weighted by atomic mass is 35.5. The summed E-state index contributed by atoms with van der Waals surface area (Å²) in [6, 6.07) is -0.338. The molecule has 5 nitrogen and oxygen atoms in total. The van der Waals surface area contributed by atoms with E-state index in [1.807, 2.05) is 0 Å².